The lowest BCUT2D eigenvalue weighted by molar-refractivity contribution is 0.516. The first-order valence-electron chi connectivity index (χ1n) is 23.0. The average molecular weight is 910 g/mol. The largest absolute Gasteiger partial charge is 0.384 e. The second-order valence-corrected chi connectivity index (χ2v) is 26.4. The molecule has 1 heterocycles. The molecular weight excluding hydrogens is 864 g/mol. The number of hydrogen-bond acceptors (Lipinski definition) is 2. The molecule has 1 aliphatic heterocycles. The van der Waals surface area contributed by atoms with Crippen molar-refractivity contribution in [1.82, 2.24) is 0 Å². The fourth-order valence-corrected chi connectivity index (χ4v) is 22.4. The predicted octanol–water partition coefficient (Wildman–Crippen LogP) is 9.56. The second kappa shape index (κ2) is 17.3. The van der Waals surface area contributed by atoms with E-state index < -0.39 is 24.5 Å². The van der Waals surface area contributed by atoms with Crippen molar-refractivity contribution in [2.75, 3.05) is 0 Å². The molecule has 318 valence electrons. The lowest BCUT2D eigenvalue weighted by Gasteiger charge is -2.36. The van der Waals surface area contributed by atoms with Crippen LogP contribution in [0.15, 0.2) is 273 Å². The molecule has 0 fully saturated rings. The van der Waals surface area contributed by atoms with Gasteiger partial charge in [0.25, 0.3) is 0 Å². The van der Waals surface area contributed by atoms with Gasteiger partial charge in [-0.2, -0.15) is 0 Å². The van der Waals surface area contributed by atoms with E-state index in [9.17, 15) is 0 Å². The van der Waals surface area contributed by atoms with Crippen LogP contribution in [0.25, 0.3) is 32.7 Å². The van der Waals surface area contributed by atoms with Crippen molar-refractivity contribution >= 4 is 92.9 Å². The fourth-order valence-electron chi connectivity index (χ4n) is 10.9. The molecule has 5 heteroatoms. The average Bonchev–Trinajstić information content (AvgIpc) is 3.60. The topological polar surface area (TPSA) is 18.5 Å². The molecule has 1 aliphatic rings. The van der Waals surface area contributed by atoms with Gasteiger partial charge in [-0.3, -0.25) is 0 Å². The predicted molar refractivity (Wildman–Crippen MR) is 290 cm³/mol. The Bertz CT molecular complexity index is 3090. The summed E-state index contributed by atoms with van der Waals surface area (Å²) in [5, 5.41) is 15.8. The summed E-state index contributed by atoms with van der Waals surface area (Å²) in [7, 11) is -8.73. The van der Waals surface area contributed by atoms with Crippen LogP contribution in [0, 0.1) is 0 Å². The maximum Gasteiger partial charge on any atom is 0.384 e. The summed E-state index contributed by atoms with van der Waals surface area (Å²) in [6, 6.07) is 101. The lowest BCUT2D eigenvalue weighted by Crippen LogP contribution is -2.75. The van der Waals surface area contributed by atoms with Gasteiger partial charge in [0.05, 0.1) is 0 Å². The first-order chi connectivity index (χ1) is 33.3. The van der Waals surface area contributed by atoms with Gasteiger partial charge in [-0.15, -0.1) is 0 Å². The zero-order valence-corrected chi connectivity index (χ0v) is 39.8. The molecule has 11 aromatic rings. The summed E-state index contributed by atoms with van der Waals surface area (Å²) in [4.78, 5) is 0. The van der Waals surface area contributed by atoms with E-state index in [-0.39, 0.29) is 0 Å². The van der Waals surface area contributed by atoms with Crippen molar-refractivity contribution in [2.45, 2.75) is 0 Å². The summed E-state index contributed by atoms with van der Waals surface area (Å²) < 4.78 is 16.0. The van der Waals surface area contributed by atoms with Crippen molar-refractivity contribution in [2.24, 2.45) is 0 Å². The van der Waals surface area contributed by atoms with Crippen LogP contribution in [0.1, 0.15) is 0 Å². The SMILES string of the molecule is c1ccc([PH+]2Oc3c([Si](c4ccccc4)(c4ccccc4)c4ccccc4)cc4ccccc4c3-c3c(c([Si](c4ccccc4)(c4ccccc4)c4ccccc4)cc4ccccc34)O2)cc1. The Morgan fingerprint density at radius 3 is 0.821 bits per heavy atom. The number of benzene rings is 11. The van der Waals surface area contributed by atoms with E-state index in [2.05, 4.69) is 273 Å². The van der Waals surface area contributed by atoms with Crippen LogP contribution in [0.3, 0.4) is 0 Å². The number of fused-ring (bicyclic) bond motifs is 7. The molecule has 0 saturated heterocycles. The highest BCUT2D eigenvalue weighted by molar-refractivity contribution is 7.57. The Morgan fingerprint density at radius 2 is 0.522 bits per heavy atom. The van der Waals surface area contributed by atoms with Gasteiger partial charge in [-0.25, -0.2) is 0 Å². The van der Waals surface area contributed by atoms with Crippen LogP contribution in [0.5, 0.6) is 11.5 Å². The monoisotopic (exact) mass is 909 g/mol. The molecule has 0 bridgehead atoms. The zero-order valence-electron chi connectivity index (χ0n) is 36.8. The minimum atomic E-state index is -3.20. The van der Waals surface area contributed by atoms with Crippen LogP contribution in [-0.2, 0) is 0 Å². The number of rotatable bonds is 9. The Kier molecular flexibility index (Phi) is 10.6. The van der Waals surface area contributed by atoms with Crippen molar-refractivity contribution in [3.8, 4) is 22.6 Å². The summed E-state index contributed by atoms with van der Waals surface area (Å²) in [6.45, 7) is 0. The molecule has 0 aromatic heterocycles. The zero-order chi connectivity index (χ0) is 44.6. The van der Waals surface area contributed by atoms with E-state index in [4.69, 9.17) is 9.05 Å². The smallest absolute Gasteiger partial charge is 0.306 e. The van der Waals surface area contributed by atoms with E-state index in [0.29, 0.717) is 0 Å². The van der Waals surface area contributed by atoms with E-state index in [1.807, 2.05) is 0 Å². The third-order valence-corrected chi connectivity index (χ3v) is 24.8. The van der Waals surface area contributed by atoms with Gasteiger partial charge in [-0.1, -0.05) is 261 Å². The third kappa shape index (κ3) is 6.71. The molecule has 0 radical (unpaired) electrons. The van der Waals surface area contributed by atoms with Crippen LogP contribution < -0.4 is 55.8 Å². The minimum Gasteiger partial charge on any atom is -0.306 e. The summed E-state index contributed by atoms with van der Waals surface area (Å²) in [5.74, 6) is 1.79. The Labute approximate surface area is 395 Å². The molecule has 0 aliphatic carbocycles. The molecule has 12 rings (SSSR count). The molecule has 0 atom stereocenters. The fraction of sp³-hybridized carbons (Fsp3) is 0. The van der Waals surface area contributed by atoms with Crippen LogP contribution in [0.2, 0.25) is 0 Å². The Balaban J connectivity index is 1.33. The molecule has 0 spiro atoms. The highest BCUT2D eigenvalue weighted by Gasteiger charge is 2.50. The molecule has 0 saturated carbocycles. The number of hydrogen-bond donors (Lipinski definition) is 0. The van der Waals surface area contributed by atoms with Crippen molar-refractivity contribution in [1.29, 1.82) is 0 Å². The Hall–Kier alpha value is -7.60. The molecular formula is C62H46O2PSi2+. The van der Waals surface area contributed by atoms with E-state index >= 15 is 0 Å². The third-order valence-electron chi connectivity index (χ3n) is 13.7. The molecule has 0 unspecified atom stereocenters. The highest BCUT2D eigenvalue weighted by atomic mass is 31.2. The van der Waals surface area contributed by atoms with E-state index in [0.717, 1.165) is 49.5 Å². The van der Waals surface area contributed by atoms with Gasteiger partial charge in [0.2, 0.25) is 0 Å². The van der Waals surface area contributed by atoms with Gasteiger partial charge in [0.1, 0.15) is 0 Å². The first-order valence-corrected chi connectivity index (χ1v) is 28.3. The standard InChI is InChI=1S/C62H45O2PSi2/c1-8-28-48(29-9-1)65-63-61-57(66(49-30-10-2-11-31-49,50-32-12-3-13-33-50)51-34-14-4-15-35-51)44-46-26-22-24-42-55(46)59(61)60-56-43-25-23-27-47(56)45-58(62(60)64-65)67(52-36-16-5-17-37-52,53-38-18-6-19-39-53)54-40-20-7-21-41-54/h1-45H/p+1. The van der Waals surface area contributed by atoms with Gasteiger partial charge >= 0.3 is 8.38 Å². The minimum absolute atomic E-state index is 0.895. The van der Waals surface area contributed by atoms with Gasteiger partial charge in [0.15, 0.2) is 33.0 Å². The molecule has 2 nitrogen and oxygen atoms in total. The summed E-state index contributed by atoms with van der Waals surface area (Å²) >= 11 is 0. The van der Waals surface area contributed by atoms with E-state index in [1.54, 1.807) is 0 Å². The quantitative estimate of drug-likeness (QED) is 0.0817. The Morgan fingerprint density at radius 1 is 0.269 bits per heavy atom. The molecule has 67 heavy (non-hydrogen) atoms. The van der Waals surface area contributed by atoms with Crippen molar-refractivity contribution < 1.29 is 9.05 Å². The van der Waals surface area contributed by atoms with Crippen LogP contribution in [0.4, 0.5) is 0 Å². The molecule has 11 aromatic carbocycles. The maximum absolute atomic E-state index is 8.00. The molecule has 0 N–H and O–H groups in total. The second-order valence-electron chi connectivity index (χ2n) is 17.3. The van der Waals surface area contributed by atoms with Gasteiger partial charge in [-0.05, 0) is 64.8 Å². The van der Waals surface area contributed by atoms with Crippen LogP contribution >= 0.6 is 8.38 Å². The van der Waals surface area contributed by atoms with Gasteiger partial charge < -0.3 is 9.05 Å². The highest BCUT2D eigenvalue weighted by Crippen LogP contribution is 2.54. The normalized spacial score (nSPS) is 12.7. The lowest BCUT2D eigenvalue weighted by atomic mass is 9.92. The van der Waals surface area contributed by atoms with Crippen molar-refractivity contribution in [3.05, 3.63) is 273 Å². The molecule has 0 amide bonds. The first kappa shape index (κ1) is 40.9. The van der Waals surface area contributed by atoms with Crippen LogP contribution in [-0.4, -0.2) is 16.1 Å². The van der Waals surface area contributed by atoms with Crippen molar-refractivity contribution in [3.63, 3.8) is 0 Å². The maximum atomic E-state index is 8.00. The van der Waals surface area contributed by atoms with E-state index in [1.165, 1.54) is 41.5 Å². The summed E-state index contributed by atoms with van der Waals surface area (Å²) in [6.07, 6.45) is 0. The van der Waals surface area contributed by atoms with Gasteiger partial charge in [0, 0.05) is 21.5 Å². The summed E-state index contributed by atoms with van der Waals surface area (Å²) in [5.41, 5.74) is 2.16.